The Hall–Kier alpha value is -0.420. The van der Waals surface area contributed by atoms with Gasteiger partial charge < -0.3 is 10.6 Å². The van der Waals surface area contributed by atoms with E-state index < -0.39 is 0 Å². The minimum Gasteiger partial charge on any atom is -0.314 e. The predicted molar refractivity (Wildman–Crippen MR) is 79.3 cm³/mol. The van der Waals surface area contributed by atoms with E-state index in [-0.39, 0.29) is 0 Å². The standard InChI is InChI=1S/C14H25N3S/c1-12-4-10-18-14(12)11-16-5-3-13(2)17-8-6-15-7-9-17/h4,10,13,15-16H,3,5-9,11H2,1-2H3. The SMILES string of the molecule is Cc1ccsc1CNCCC(C)N1CCNCC1. The van der Waals surface area contributed by atoms with Gasteiger partial charge in [-0.05, 0) is 43.8 Å². The van der Waals surface area contributed by atoms with Crippen LogP contribution in [0, 0.1) is 6.92 Å². The summed E-state index contributed by atoms with van der Waals surface area (Å²) in [6.07, 6.45) is 1.24. The molecule has 18 heavy (non-hydrogen) atoms. The minimum atomic E-state index is 0.698. The number of hydrogen-bond acceptors (Lipinski definition) is 4. The Morgan fingerprint density at radius 2 is 2.22 bits per heavy atom. The van der Waals surface area contributed by atoms with Crippen molar-refractivity contribution in [2.24, 2.45) is 0 Å². The van der Waals surface area contributed by atoms with Gasteiger partial charge in [0, 0.05) is 43.6 Å². The van der Waals surface area contributed by atoms with Crippen molar-refractivity contribution in [3.63, 3.8) is 0 Å². The van der Waals surface area contributed by atoms with E-state index in [4.69, 9.17) is 0 Å². The van der Waals surface area contributed by atoms with Crippen molar-refractivity contribution in [3.05, 3.63) is 21.9 Å². The van der Waals surface area contributed by atoms with Gasteiger partial charge >= 0.3 is 0 Å². The Kier molecular flexibility index (Phi) is 5.63. The van der Waals surface area contributed by atoms with Crippen LogP contribution in [0.1, 0.15) is 23.8 Å². The van der Waals surface area contributed by atoms with Crippen LogP contribution in [0.3, 0.4) is 0 Å². The molecule has 1 saturated heterocycles. The van der Waals surface area contributed by atoms with Gasteiger partial charge in [0.15, 0.2) is 0 Å². The average molecular weight is 267 g/mol. The minimum absolute atomic E-state index is 0.698. The molecule has 0 bridgehead atoms. The fourth-order valence-corrected chi connectivity index (χ4v) is 3.28. The molecule has 0 spiro atoms. The first-order valence-corrected chi connectivity index (χ1v) is 7.84. The lowest BCUT2D eigenvalue weighted by atomic mass is 10.2. The highest BCUT2D eigenvalue weighted by Crippen LogP contribution is 2.14. The van der Waals surface area contributed by atoms with Crippen molar-refractivity contribution in [2.75, 3.05) is 32.7 Å². The van der Waals surface area contributed by atoms with Crippen LogP contribution in [-0.4, -0.2) is 43.7 Å². The predicted octanol–water partition coefficient (Wildman–Crippen LogP) is 1.83. The fraction of sp³-hybridized carbons (Fsp3) is 0.714. The van der Waals surface area contributed by atoms with Crippen LogP contribution >= 0.6 is 11.3 Å². The van der Waals surface area contributed by atoms with Gasteiger partial charge in [-0.2, -0.15) is 0 Å². The quantitative estimate of drug-likeness (QED) is 0.770. The maximum absolute atomic E-state index is 3.57. The van der Waals surface area contributed by atoms with Crippen molar-refractivity contribution in [2.45, 2.75) is 32.9 Å². The highest BCUT2D eigenvalue weighted by molar-refractivity contribution is 7.10. The Balaban J connectivity index is 1.61. The number of rotatable bonds is 6. The van der Waals surface area contributed by atoms with E-state index in [0.29, 0.717) is 6.04 Å². The third-order valence-corrected chi connectivity index (χ3v) is 4.79. The summed E-state index contributed by atoms with van der Waals surface area (Å²) in [4.78, 5) is 4.07. The van der Waals surface area contributed by atoms with Gasteiger partial charge in [0.2, 0.25) is 0 Å². The molecule has 3 nitrogen and oxygen atoms in total. The molecule has 1 atom stereocenters. The van der Waals surface area contributed by atoms with Crippen LogP contribution < -0.4 is 10.6 Å². The summed E-state index contributed by atoms with van der Waals surface area (Å²) >= 11 is 1.86. The molecule has 1 aliphatic heterocycles. The number of thiophene rings is 1. The fourth-order valence-electron chi connectivity index (χ4n) is 2.40. The monoisotopic (exact) mass is 267 g/mol. The summed E-state index contributed by atoms with van der Waals surface area (Å²) < 4.78 is 0. The molecule has 1 aliphatic rings. The van der Waals surface area contributed by atoms with Crippen LogP contribution in [0.25, 0.3) is 0 Å². The number of piperazine rings is 1. The highest BCUT2D eigenvalue weighted by Gasteiger charge is 2.15. The molecule has 2 heterocycles. The van der Waals surface area contributed by atoms with Crippen molar-refractivity contribution in [1.29, 1.82) is 0 Å². The summed E-state index contributed by atoms with van der Waals surface area (Å²) in [5.41, 5.74) is 1.42. The maximum Gasteiger partial charge on any atom is 0.0302 e. The Morgan fingerprint density at radius 3 is 2.89 bits per heavy atom. The Bertz CT molecular complexity index is 345. The van der Waals surface area contributed by atoms with Gasteiger partial charge in [-0.15, -0.1) is 11.3 Å². The van der Waals surface area contributed by atoms with E-state index in [1.165, 1.54) is 30.0 Å². The summed E-state index contributed by atoms with van der Waals surface area (Å²) in [5, 5.41) is 9.15. The lowest BCUT2D eigenvalue weighted by molar-refractivity contribution is 0.176. The van der Waals surface area contributed by atoms with Crippen molar-refractivity contribution in [3.8, 4) is 0 Å². The molecule has 0 aromatic carbocycles. The van der Waals surface area contributed by atoms with Gasteiger partial charge in [0.05, 0.1) is 0 Å². The van der Waals surface area contributed by atoms with E-state index >= 15 is 0 Å². The summed E-state index contributed by atoms with van der Waals surface area (Å²) in [6.45, 7) is 11.4. The molecule has 0 amide bonds. The largest absolute Gasteiger partial charge is 0.314 e. The highest BCUT2D eigenvalue weighted by atomic mass is 32.1. The van der Waals surface area contributed by atoms with E-state index in [1.807, 2.05) is 11.3 Å². The molecular formula is C14H25N3S. The molecule has 0 saturated carbocycles. The Labute approximate surface area is 115 Å². The number of aryl methyl sites for hydroxylation is 1. The summed E-state index contributed by atoms with van der Waals surface area (Å²) in [6, 6.07) is 2.90. The first kappa shape index (κ1) is 14.0. The van der Waals surface area contributed by atoms with Crippen molar-refractivity contribution < 1.29 is 0 Å². The molecule has 1 fully saturated rings. The molecule has 1 unspecified atom stereocenters. The molecule has 0 aliphatic carbocycles. The van der Waals surface area contributed by atoms with Crippen LogP contribution in [0.5, 0.6) is 0 Å². The lowest BCUT2D eigenvalue weighted by Crippen LogP contribution is -2.48. The number of nitrogens with one attached hydrogen (secondary N) is 2. The molecule has 1 aromatic rings. The second kappa shape index (κ2) is 7.24. The zero-order chi connectivity index (χ0) is 12.8. The van der Waals surface area contributed by atoms with Crippen LogP contribution in [-0.2, 0) is 6.54 Å². The van der Waals surface area contributed by atoms with E-state index in [2.05, 4.69) is 40.8 Å². The van der Waals surface area contributed by atoms with Crippen LogP contribution in [0.4, 0.5) is 0 Å². The Morgan fingerprint density at radius 1 is 1.44 bits per heavy atom. The topological polar surface area (TPSA) is 27.3 Å². The van der Waals surface area contributed by atoms with Gasteiger partial charge in [-0.1, -0.05) is 0 Å². The molecule has 2 N–H and O–H groups in total. The van der Waals surface area contributed by atoms with Crippen molar-refractivity contribution in [1.82, 2.24) is 15.5 Å². The molecule has 0 radical (unpaired) electrons. The van der Waals surface area contributed by atoms with E-state index in [1.54, 1.807) is 0 Å². The summed E-state index contributed by atoms with van der Waals surface area (Å²) in [5.74, 6) is 0. The second-order valence-corrected chi connectivity index (χ2v) is 6.13. The third-order valence-electron chi connectivity index (χ3n) is 3.77. The van der Waals surface area contributed by atoms with Gasteiger partial charge in [-0.3, -0.25) is 4.90 Å². The summed E-state index contributed by atoms with van der Waals surface area (Å²) in [7, 11) is 0. The normalized spacial score (nSPS) is 19.0. The zero-order valence-corrected chi connectivity index (χ0v) is 12.4. The molecule has 1 aromatic heterocycles. The van der Waals surface area contributed by atoms with E-state index in [0.717, 1.165) is 26.2 Å². The van der Waals surface area contributed by atoms with Gasteiger partial charge in [0.25, 0.3) is 0 Å². The number of nitrogens with zero attached hydrogens (tertiary/aromatic N) is 1. The second-order valence-electron chi connectivity index (χ2n) is 5.13. The first-order valence-electron chi connectivity index (χ1n) is 6.96. The van der Waals surface area contributed by atoms with Gasteiger partial charge in [0.1, 0.15) is 0 Å². The molecular weight excluding hydrogens is 242 g/mol. The molecule has 2 rings (SSSR count). The third kappa shape index (κ3) is 4.05. The average Bonchev–Trinajstić information content (AvgIpc) is 2.81. The zero-order valence-electron chi connectivity index (χ0n) is 11.5. The number of hydrogen-bond donors (Lipinski definition) is 2. The maximum atomic E-state index is 3.57. The van der Waals surface area contributed by atoms with Crippen molar-refractivity contribution >= 4 is 11.3 Å². The smallest absolute Gasteiger partial charge is 0.0302 e. The first-order chi connectivity index (χ1) is 8.77. The van der Waals surface area contributed by atoms with Crippen LogP contribution in [0.15, 0.2) is 11.4 Å². The molecule has 4 heteroatoms. The van der Waals surface area contributed by atoms with E-state index in [9.17, 15) is 0 Å². The lowest BCUT2D eigenvalue weighted by Gasteiger charge is -2.32. The van der Waals surface area contributed by atoms with Crippen LogP contribution in [0.2, 0.25) is 0 Å². The molecule has 102 valence electrons. The van der Waals surface area contributed by atoms with Gasteiger partial charge in [-0.25, -0.2) is 0 Å².